The third-order valence-electron chi connectivity index (χ3n) is 7.91. The molecule has 3 amide bonds. The maximum absolute atomic E-state index is 13.3. The van der Waals surface area contributed by atoms with E-state index in [0.717, 1.165) is 49.7 Å². The van der Waals surface area contributed by atoms with Gasteiger partial charge in [-0.05, 0) is 76.3 Å². The van der Waals surface area contributed by atoms with Gasteiger partial charge in [0.05, 0.1) is 6.54 Å². The lowest BCUT2D eigenvalue weighted by atomic mass is 9.81. The van der Waals surface area contributed by atoms with Gasteiger partial charge in [0.15, 0.2) is 0 Å². The van der Waals surface area contributed by atoms with Gasteiger partial charge in [0.2, 0.25) is 11.8 Å². The molecule has 4 rings (SSSR count). The van der Waals surface area contributed by atoms with Crippen molar-refractivity contribution in [2.75, 3.05) is 6.54 Å². The van der Waals surface area contributed by atoms with Crippen molar-refractivity contribution in [1.82, 2.24) is 15.5 Å². The van der Waals surface area contributed by atoms with Gasteiger partial charge in [0.1, 0.15) is 11.6 Å². The zero-order chi connectivity index (χ0) is 25.7. The molecule has 1 heterocycles. The summed E-state index contributed by atoms with van der Waals surface area (Å²) in [5.41, 5.74) is 1.52. The highest BCUT2D eigenvalue weighted by molar-refractivity contribution is 5.86. The Morgan fingerprint density at radius 3 is 2.25 bits per heavy atom. The van der Waals surface area contributed by atoms with Crippen LogP contribution in [0.2, 0.25) is 0 Å². The van der Waals surface area contributed by atoms with Gasteiger partial charge in [0.25, 0.3) is 0 Å². The fourth-order valence-electron chi connectivity index (χ4n) is 5.83. The first-order valence-corrected chi connectivity index (χ1v) is 13.8. The van der Waals surface area contributed by atoms with Crippen molar-refractivity contribution in [1.29, 1.82) is 0 Å². The van der Waals surface area contributed by atoms with E-state index in [4.69, 9.17) is 4.74 Å². The third-order valence-corrected chi connectivity index (χ3v) is 7.91. The Bertz CT molecular complexity index is 927. The van der Waals surface area contributed by atoms with E-state index in [1.54, 1.807) is 4.90 Å². The van der Waals surface area contributed by atoms with Crippen LogP contribution in [0.4, 0.5) is 4.79 Å². The Labute approximate surface area is 215 Å². The molecule has 2 fully saturated rings. The van der Waals surface area contributed by atoms with E-state index >= 15 is 0 Å². The number of hydrogen-bond acceptors (Lipinski definition) is 4. The number of hydrogen-bond donors (Lipinski definition) is 2. The fourth-order valence-corrected chi connectivity index (χ4v) is 5.83. The molecule has 0 radical (unpaired) electrons. The molecule has 7 heteroatoms. The monoisotopic (exact) mass is 497 g/mol. The molecule has 0 spiro atoms. The molecule has 2 saturated carbocycles. The van der Waals surface area contributed by atoms with Crippen LogP contribution in [0.25, 0.3) is 0 Å². The van der Waals surface area contributed by atoms with Crippen molar-refractivity contribution in [2.24, 2.45) is 11.8 Å². The van der Waals surface area contributed by atoms with Crippen LogP contribution in [0.15, 0.2) is 24.3 Å². The minimum atomic E-state index is -0.628. The lowest BCUT2D eigenvalue weighted by Crippen LogP contribution is -2.54. The van der Waals surface area contributed by atoms with Gasteiger partial charge in [-0.3, -0.25) is 14.5 Å². The number of nitrogens with zero attached hydrogens (tertiary/aromatic N) is 1. The fraction of sp³-hybridized carbons (Fsp3) is 0.690. The normalized spacial score (nSPS) is 25.0. The van der Waals surface area contributed by atoms with Gasteiger partial charge in [0, 0.05) is 24.9 Å². The van der Waals surface area contributed by atoms with E-state index < -0.39 is 17.7 Å². The maximum Gasteiger partial charge on any atom is 0.411 e. The number of fused-ring (bicyclic) bond motifs is 1. The number of carbonyl (C=O) groups is 3. The van der Waals surface area contributed by atoms with Crippen molar-refractivity contribution < 1.29 is 19.1 Å². The summed E-state index contributed by atoms with van der Waals surface area (Å²) in [5.74, 6) is 0.542. The van der Waals surface area contributed by atoms with E-state index in [1.807, 2.05) is 45.0 Å². The Kier molecular flexibility index (Phi) is 8.58. The SMILES string of the molecule is CC(C)(C)OC(=O)N1Cc2ccccc2CC1C(=O)NCC1CCC(C(=O)NC2CCCCC2)CC1. The molecule has 0 saturated heterocycles. The number of nitrogens with one attached hydrogen (secondary N) is 2. The van der Waals surface area contributed by atoms with Gasteiger partial charge in [-0.15, -0.1) is 0 Å². The zero-order valence-electron chi connectivity index (χ0n) is 22.2. The molecule has 7 nitrogen and oxygen atoms in total. The zero-order valence-corrected chi connectivity index (χ0v) is 22.2. The summed E-state index contributed by atoms with van der Waals surface area (Å²) >= 11 is 0. The number of carbonyl (C=O) groups excluding carboxylic acids is 3. The minimum Gasteiger partial charge on any atom is -0.444 e. The van der Waals surface area contributed by atoms with Crippen LogP contribution in [0, 0.1) is 11.8 Å². The quantitative estimate of drug-likeness (QED) is 0.616. The molecular formula is C29H43N3O4. The average Bonchev–Trinajstić information content (AvgIpc) is 2.86. The van der Waals surface area contributed by atoms with E-state index in [0.29, 0.717) is 31.5 Å². The molecule has 2 aliphatic carbocycles. The second-order valence-corrected chi connectivity index (χ2v) is 11.9. The second kappa shape index (κ2) is 11.7. The number of rotatable bonds is 5. The summed E-state index contributed by atoms with van der Waals surface area (Å²) in [6.07, 6.45) is 9.59. The van der Waals surface area contributed by atoms with E-state index in [1.165, 1.54) is 19.3 Å². The minimum absolute atomic E-state index is 0.0939. The van der Waals surface area contributed by atoms with Crippen LogP contribution < -0.4 is 10.6 Å². The summed E-state index contributed by atoms with van der Waals surface area (Å²) in [7, 11) is 0. The van der Waals surface area contributed by atoms with Gasteiger partial charge in [-0.25, -0.2) is 4.79 Å². The number of ether oxygens (including phenoxy) is 1. The molecular weight excluding hydrogens is 454 g/mol. The van der Waals surface area contributed by atoms with Crippen LogP contribution in [-0.4, -0.2) is 47.0 Å². The van der Waals surface area contributed by atoms with Gasteiger partial charge < -0.3 is 15.4 Å². The predicted octanol–water partition coefficient (Wildman–Crippen LogP) is 4.72. The van der Waals surface area contributed by atoms with Crippen molar-refractivity contribution in [3.63, 3.8) is 0 Å². The van der Waals surface area contributed by atoms with Crippen molar-refractivity contribution in [3.05, 3.63) is 35.4 Å². The first-order valence-electron chi connectivity index (χ1n) is 13.8. The third kappa shape index (κ3) is 7.01. The first-order chi connectivity index (χ1) is 17.2. The largest absolute Gasteiger partial charge is 0.444 e. The summed E-state index contributed by atoms with van der Waals surface area (Å²) in [5, 5.41) is 6.40. The number of amides is 3. The topological polar surface area (TPSA) is 87.7 Å². The Balaban J connectivity index is 1.29. The van der Waals surface area contributed by atoms with E-state index in [9.17, 15) is 14.4 Å². The molecule has 1 atom stereocenters. The highest BCUT2D eigenvalue weighted by Crippen LogP contribution is 2.30. The maximum atomic E-state index is 13.3. The Morgan fingerprint density at radius 1 is 0.917 bits per heavy atom. The van der Waals surface area contributed by atoms with Crippen LogP contribution >= 0.6 is 0 Å². The van der Waals surface area contributed by atoms with Crippen LogP contribution in [0.3, 0.4) is 0 Å². The molecule has 1 aliphatic heterocycles. The van der Waals surface area contributed by atoms with Crippen molar-refractivity contribution >= 4 is 17.9 Å². The first kappa shape index (κ1) is 26.5. The van der Waals surface area contributed by atoms with Crippen LogP contribution in [0.1, 0.15) is 89.7 Å². The molecule has 198 valence electrons. The van der Waals surface area contributed by atoms with Crippen LogP contribution in [-0.2, 0) is 27.3 Å². The molecule has 1 aromatic carbocycles. The molecule has 1 aromatic rings. The predicted molar refractivity (Wildman–Crippen MR) is 139 cm³/mol. The van der Waals surface area contributed by atoms with E-state index in [2.05, 4.69) is 10.6 Å². The molecule has 3 aliphatic rings. The van der Waals surface area contributed by atoms with Gasteiger partial charge >= 0.3 is 6.09 Å². The molecule has 2 N–H and O–H groups in total. The molecule has 1 unspecified atom stereocenters. The summed E-state index contributed by atoms with van der Waals surface area (Å²) < 4.78 is 5.62. The summed E-state index contributed by atoms with van der Waals surface area (Å²) in [6.45, 7) is 6.46. The smallest absolute Gasteiger partial charge is 0.411 e. The van der Waals surface area contributed by atoms with Gasteiger partial charge in [-0.2, -0.15) is 0 Å². The van der Waals surface area contributed by atoms with Crippen molar-refractivity contribution in [2.45, 2.75) is 109 Å². The van der Waals surface area contributed by atoms with Crippen molar-refractivity contribution in [3.8, 4) is 0 Å². The summed E-state index contributed by atoms with van der Waals surface area (Å²) in [6, 6.07) is 7.73. The lowest BCUT2D eigenvalue weighted by molar-refractivity contribution is -0.128. The van der Waals surface area contributed by atoms with E-state index in [-0.39, 0.29) is 17.7 Å². The molecule has 0 aromatic heterocycles. The number of benzene rings is 1. The Morgan fingerprint density at radius 2 is 1.58 bits per heavy atom. The standard InChI is InChI=1S/C29H43N3O4/c1-29(2,3)36-28(35)32-19-23-10-8-7-9-22(23)17-25(32)27(34)30-18-20-13-15-21(16-14-20)26(33)31-24-11-5-4-6-12-24/h7-10,20-21,24-25H,4-6,11-19H2,1-3H3,(H,30,34)(H,31,33). The van der Waals surface area contributed by atoms with Crippen LogP contribution in [0.5, 0.6) is 0 Å². The second-order valence-electron chi connectivity index (χ2n) is 11.9. The molecule has 36 heavy (non-hydrogen) atoms. The highest BCUT2D eigenvalue weighted by Gasteiger charge is 2.37. The average molecular weight is 498 g/mol. The summed E-state index contributed by atoms with van der Waals surface area (Å²) in [4.78, 5) is 40.6. The Hall–Kier alpha value is -2.57. The lowest BCUT2D eigenvalue weighted by Gasteiger charge is -2.37. The molecule has 0 bridgehead atoms. The van der Waals surface area contributed by atoms with Gasteiger partial charge in [-0.1, -0.05) is 43.5 Å². The highest BCUT2D eigenvalue weighted by atomic mass is 16.6.